The lowest BCUT2D eigenvalue weighted by atomic mass is 9.83. The molecule has 1 saturated heterocycles. The third-order valence-corrected chi connectivity index (χ3v) is 5.83. The van der Waals surface area contributed by atoms with Gasteiger partial charge in [0.2, 0.25) is 5.91 Å². The Morgan fingerprint density at radius 1 is 0.903 bits per heavy atom. The Morgan fingerprint density at radius 2 is 1.58 bits per heavy atom. The minimum Gasteiger partial charge on any atom is -0.337 e. The van der Waals surface area contributed by atoms with Crippen molar-refractivity contribution in [2.45, 2.75) is 12.3 Å². The molecule has 0 saturated carbocycles. The van der Waals surface area contributed by atoms with Crippen LogP contribution in [0.2, 0.25) is 5.02 Å². The van der Waals surface area contributed by atoms with E-state index in [1.165, 1.54) is 24.3 Å². The quantitative estimate of drug-likeness (QED) is 0.598. The molecule has 1 N–H and O–H groups in total. The number of hydrogen-bond donors (Lipinski definition) is 1. The van der Waals surface area contributed by atoms with Crippen LogP contribution in [0.15, 0.2) is 78.9 Å². The molecular formula is C25H22ClFN2O2. The summed E-state index contributed by atoms with van der Waals surface area (Å²) in [6, 6.07) is 22.3. The number of carbonyl (C=O) groups excluding carboxylic acids is 2. The van der Waals surface area contributed by atoms with E-state index >= 15 is 0 Å². The second-order valence-electron chi connectivity index (χ2n) is 7.75. The minimum atomic E-state index is -0.391. The van der Waals surface area contributed by atoms with E-state index in [1.54, 1.807) is 29.2 Å². The zero-order valence-electron chi connectivity index (χ0n) is 16.8. The summed E-state index contributed by atoms with van der Waals surface area (Å²) in [7, 11) is 0. The highest BCUT2D eigenvalue weighted by molar-refractivity contribution is 6.30. The van der Waals surface area contributed by atoms with Crippen molar-refractivity contribution in [2.24, 2.45) is 5.92 Å². The van der Waals surface area contributed by atoms with E-state index in [-0.39, 0.29) is 23.7 Å². The molecule has 1 aliphatic heterocycles. The van der Waals surface area contributed by atoms with Gasteiger partial charge in [0.15, 0.2) is 0 Å². The Hall–Kier alpha value is -3.18. The van der Waals surface area contributed by atoms with Crippen molar-refractivity contribution in [1.82, 2.24) is 4.90 Å². The Morgan fingerprint density at radius 3 is 2.26 bits per heavy atom. The SMILES string of the molecule is O=C(Nc1ccc(Cl)cc1)C1CC(c2ccccc2)CN(C(=O)c2ccc(F)cc2)C1. The molecule has 2 atom stereocenters. The van der Waals surface area contributed by atoms with Gasteiger partial charge in [-0.2, -0.15) is 0 Å². The number of nitrogens with zero attached hydrogens (tertiary/aromatic N) is 1. The topological polar surface area (TPSA) is 49.4 Å². The monoisotopic (exact) mass is 436 g/mol. The summed E-state index contributed by atoms with van der Waals surface area (Å²) in [5.74, 6) is -1.08. The first kappa shape index (κ1) is 21.1. The van der Waals surface area contributed by atoms with Crippen LogP contribution >= 0.6 is 11.6 Å². The van der Waals surface area contributed by atoms with Crippen molar-refractivity contribution in [3.63, 3.8) is 0 Å². The van der Waals surface area contributed by atoms with Crippen LogP contribution in [0.3, 0.4) is 0 Å². The maximum atomic E-state index is 13.3. The Balaban J connectivity index is 1.56. The molecular weight excluding hydrogens is 415 g/mol. The second kappa shape index (κ2) is 9.31. The van der Waals surface area contributed by atoms with Crippen LogP contribution < -0.4 is 5.32 Å². The average molecular weight is 437 g/mol. The van der Waals surface area contributed by atoms with E-state index < -0.39 is 5.82 Å². The van der Waals surface area contributed by atoms with E-state index in [2.05, 4.69) is 5.32 Å². The van der Waals surface area contributed by atoms with Gasteiger partial charge in [-0.15, -0.1) is 0 Å². The van der Waals surface area contributed by atoms with Crippen LogP contribution in [0.5, 0.6) is 0 Å². The predicted octanol–water partition coefficient (Wildman–Crippen LogP) is 5.36. The summed E-state index contributed by atoms with van der Waals surface area (Å²) in [4.78, 5) is 27.9. The van der Waals surface area contributed by atoms with Gasteiger partial charge in [-0.1, -0.05) is 41.9 Å². The van der Waals surface area contributed by atoms with E-state index in [0.29, 0.717) is 35.8 Å². The number of rotatable bonds is 4. The van der Waals surface area contributed by atoms with Gasteiger partial charge in [0.05, 0.1) is 5.92 Å². The molecule has 6 heteroatoms. The number of benzene rings is 3. The number of carbonyl (C=O) groups is 2. The van der Waals surface area contributed by atoms with Crippen LogP contribution in [0.25, 0.3) is 0 Å². The minimum absolute atomic E-state index is 0.0281. The summed E-state index contributed by atoms with van der Waals surface area (Å²) in [5, 5.41) is 3.53. The zero-order valence-corrected chi connectivity index (χ0v) is 17.6. The molecule has 31 heavy (non-hydrogen) atoms. The summed E-state index contributed by atoms with van der Waals surface area (Å²) in [6.45, 7) is 0.809. The second-order valence-corrected chi connectivity index (χ2v) is 8.19. The van der Waals surface area contributed by atoms with E-state index in [4.69, 9.17) is 11.6 Å². The van der Waals surface area contributed by atoms with Crippen LogP contribution in [-0.2, 0) is 4.79 Å². The molecule has 2 unspecified atom stereocenters. The fourth-order valence-corrected chi connectivity index (χ4v) is 4.10. The first-order valence-corrected chi connectivity index (χ1v) is 10.5. The lowest BCUT2D eigenvalue weighted by molar-refractivity contribution is -0.121. The number of hydrogen-bond acceptors (Lipinski definition) is 2. The van der Waals surface area contributed by atoms with Crippen molar-refractivity contribution in [2.75, 3.05) is 18.4 Å². The molecule has 0 aromatic heterocycles. The van der Waals surface area contributed by atoms with Crippen molar-refractivity contribution < 1.29 is 14.0 Å². The van der Waals surface area contributed by atoms with Gasteiger partial charge >= 0.3 is 0 Å². The molecule has 1 aliphatic rings. The molecule has 0 bridgehead atoms. The van der Waals surface area contributed by atoms with Crippen LogP contribution in [-0.4, -0.2) is 29.8 Å². The smallest absolute Gasteiger partial charge is 0.253 e. The van der Waals surface area contributed by atoms with Crippen molar-refractivity contribution in [3.05, 3.63) is 101 Å². The Kier molecular flexibility index (Phi) is 6.33. The third-order valence-electron chi connectivity index (χ3n) is 5.58. The van der Waals surface area contributed by atoms with Gasteiger partial charge in [-0.3, -0.25) is 9.59 Å². The molecule has 3 aromatic carbocycles. The number of anilines is 1. The zero-order chi connectivity index (χ0) is 21.8. The summed E-state index contributed by atoms with van der Waals surface area (Å²) < 4.78 is 13.3. The van der Waals surface area contributed by atoms with Gasteiger partial charge in [0.1, 0.15) is 5.82 Å². The van der Waals surface area contributed by atoms with Crippen molar-refractivity contribution >= 4 is 29.1 Å². The Bertz CT molecular complexity index is 1060. The number of halogens is 2. The molecule has 4 nitrogen and oxygen atoms in total. The van der Waals surface area contributed by atoms with Crippen LogP contribution in [0.4, 0.5) is 10.1 Å². The first-order chi connectivity index (χ1) is 15.0. The number of likely N-dealkylation sites (tertiary alicyclic amines) is 1. The van der Waals surface area contributed by atoms with E-state index in [0.717, 1.165) is 5.56 Å². The molecule has 3 aromatic rings. The summed E-state index contributed by atoms with van der Waals surface area (Å²) in [5.41, 5.74) is 2.16. The fourth-order valence-electron chi connectivity index (χ4n) is 3.97. The fraction of sp³-hybridized carbons (Fsp3) is 0.200. The lowest BCUT2D eigenvalue weighted by Crippen LogP contribution is -2.46. The largest absolute Gasteiger partial charge is 0.337 e. The molecule has 0 spiro atoms. The summed E-state index contributed by atoms with van der Waals surface area (Å²) >= 11 is 5.93. The average Bonchev–Trinajstić information content (AvgIpc) is 2.81. The number of piperidine rings is 1. The highest BCUT2D eigenvalue weighted by atomic mass is 35.5. The number of amides is 2. The first-order valence-electron chi connectivity index (χ1n) is 10.2. The van der Waals surface area contributed by atoms with Crippen LogP contribution in [0.1, 0.15) is 28.3 Å². The highest BCUT2D eigenvalue weighted by Gasteiger charge is 2.35. The van der Waals surface area contributed by atoms with Gasteiger partial charge in [-0.25, -0.2) is 4.39 Å². The Labute approximate surface area is 185 Å². The van der Waals surface area contributed by atoms with Gasteiger partial charge in [-0.05, 0) is 60.5 Å². The molecule has 0 aliphatic carbocycles. The molecule has 1 heterocycles. The molecule has 158 valence electrons. The van der Waals surface area contributed by atoms with Gasteiger partial charge in [0, 0.05) is 35.3 Å². The molecule has 2 amide bonds. The van der Waals surface area contributed by atoms with Crippen molar-refractivity contribution in [1.29, 1.82) is 0 Å². The highest BCUT2D eigenvalue weighted by Crippen LogP contribution is 2.32. The molecule has 1 fully saturated rings. The van der Waals surface area contributed by atoms with Gasteiger partial charge < -0.3 is 10.2 Å². The van der Waals surface area contributed by atoms with E-state index in [9.17, 15) is 14.0 Å². The maximum absolute atomic E-state index is 13.3. The van der Waals surface area contributed by atoms with Crippen molar-refractivity contribution in [3.8, 4) is 0 Å². The third kappa shape index (κ3) is 5.12. The predicted molar refractivity (Wildman–Crippen MR) is 120 cm³/mol. The van der Waals surface area contributed by atoms with Crippen LogP contribution in [0, 0.1) is 11.7 Å². The number of nitrogens with one attached hydrogen (secondary N) is 1. The molecule has 0 radical (unpaired) electrons. The molecule has 4 rings (SSSR count). The van der Waals surface area contributed by atoms with Gasteiger partial charge in [0.25, 0.3) is 5.91 Å². The van der Waals surface area contributed by atoms with E-state index in [1.807, 2.05) is 30.3 Å². The normalized spacial score (nSPS) is 18.5. The maximum Gasteiger partial charge on any atom is 0.253 e. The standard InChI is InChI=1S/C25H22ClFN2O2/c26-21-8-12-23(13-9-21)28-24(30)20-14-19(17-4-2-1-3-5-17)15-29(16-20)25(31)18-6-10-22(27)11-7-18/h1-13,19-20H,14-16H2,(H,28,30). The summed E-state index contributed by atoms with van der Waals surface area (Å²) in [6.07, 6.45) is 0.636. The lowest BCUT2D eigenvalue weighted by Gasteiger charge is -2.37.